The molecule has 13 heavy (non-hydrogen) atoms. The van der Waals surface area contributed by atoms with Crippen LogP contribution in [0.4, 0.5) is 0 Å². The van der Waals surface area contributed by atoms with Crippen LogP contribution in [0.3, 0.4) is 0 Å². The van der Waals surface area contributed by atoms with E-state index in [-0.39, 0.29) is 6.61 Å². The van der Waals surface area contributed by atoms with Crippen LogP contribution >= 0.6 is 11.3 Å². The van der Waals surface area contributed by atoms with Crippen molar-refractivity contribution in [1.82, 2.24) is 5.32 Å². The average molecular weight is 197 g/mol. The summed E-state index contributed by atoms with van der Waals surface area (Å²) in [5, 5.41) is 14.8. The quantitative estimate of drug-likeness (QED) is 0.768. The first-order chi connectivity index (χ1) is 6.42. The molecule has 2 atom stereocenters. The first-order valence-corrected chi connectivity index (χ1v) is 5.64. The number of hydrogen-bond donors (Lipinski definition) is 2. The minimum atomic E-state index is 0.285. The lowest BCUT2D eigenvalue weighted by Crippen LogP contribution is -2.18. The first kappa shape index (κ1) is 9.19. The molecule has 0 saturated carbocycles. The van der Waals surface area contributed by atoms with Crippen LogP contribution in [0.2, 0.25) is 0 Å². The van der Waals surface area contributed by atoms with Gasteiger partial charge >= 0.3 is 0 Å². The van der Waals surface area contributed by atoms with Crippen molar-refractivity contribution in [3.05, 3.63) is 22.4 Å². The predicted molar refractivity (Wildman–Crippen MR) is 55.1 cm³/mol. The SMILES string of the molecule is OCC(c1cccs1)C1CCNC1. The zero-order chi connectivity index (χ0) is 9.10. The lowest BCUT2D eigenvalue weighted by molar-refractivity contribution is 0.233. The van der Waals surface area contributed by atoms with Gasteiger partial charge in [0.15, 0.2) is 0 Å². The van der Waals surface area contributed by atoms with Crippen LogP contribution in [-0.2, 0) is 0 Å². The second-order valence-corrected chi connectivity index (χ2v) is 4.54. The summed E-state index contributed by atoms with van der Waals surface area (Å²) in [4.78, 5) is 1.33. The molecular weight excluding hydrogens is 182 g/mol. The van der Waals surface area contributed by atoms with Crippen LogP contribution in [0.1, 0.15) is 17.2 Å². The number of aliphatic hydroxyl groups is 1. The van der Waals surface area contributed by atoms with E-state index in [1.807, 2.05) is 0 Å². The Balaban J connectivity index is 2.08. The Hall–Kier alpha value is -0.380. The Kier molecular flexibility index (Phi) is 2.98. The van der Waals surface area contributed by atoms with Gasteiger partial charge in [0.2, 0.25) is 0 Å². The van der Waals surface area contributed by atoms with E-state index >= 15 is 0 Å². The molecule has 1 aromatic rings. The minimum absolute atomic E-state index is 0.285. The maximum Gasteiger partial charge on any atom is 0.0510 e. The van der Waals surface area contributed by atoms with Crippen molar-refractivity contribution in [3.63, 3.8) is 0 Å². The molecule has 1 aliphatic heterocycles. The normalized spacial score (nSPS) is 24.8. The molecule has 2 unspecified atom stereocenters. The van der Waals surface area contributed by atoms with Gasteiger partial charge in [-0.05, 0) is 36.9 Å². The molecule has 0 radical (unpaired) electrons. The second kappa shape index (κ2) is 4.22. The fourth-order valence-corrected chi connectivity index (χ4v) is 2.91. The highest BCUT2D eigenvalue weighted by molar-refractivity contribution is 7.10. The number of rotatable bonds is 3. The van der Waals surface area contributed by atoms with Crippen LogP contribution in [0.25, 0.3) is 0 Å². The molecule has 0 spiro atoms. The Morgan fingerprint density at radius 1 is 1.69 bits per heavy atom. The molecule has 1 fully saturated rings. The predicted octanol–water partition coefficient (Wildman–Crippen LogP) is 1.43. The summed E-state index contributed by atoms with van der Waals surface area (Å²) in [6, 6.07) is 4.19. The van der Waals surface area contributed by atoms with E-state index in [0.29, 0.717) is 11.8 Å². The number of nitrogens with one attached hydrogen (secondary N) is 1. The fraction of sp³-hybridized carbons (Fsp3) is 0.600. The standard InChI is InChI=1S/C10H15NOS/c12-7-9(8-3-4-11-6-8)10-2-1-5-13-10/h1-2,5,8-9,11-12H,3-4,6-7H2. The Labute approximate surface area is 82.6 Å². The molecule has 2 nitrogen and oxygen atoms in total. The van der Waals surface area contributed by atoms with Crippen molar-refractivity contribution >= 4 is 11.3 Å². The minimum Gasteiger partial charge on any atom is -0.396 e. The maximum absolute atomic E-state index is 9.34. The molecule has 2 N–H and O–H groups in total. The van der Waals surface area contributed by atoms with Gasteiger partial charge in [0.05, 0.1) is 6.61 Å². The highest BCUT2D eigenvalue weighted by Crippen LogP contribution is 2.31. The summed E-state index contributed by atoms with van der Waals surface area (Å²) in [5.41, 5.74) is 0. The topological polar surface area (TPSA) is 32.3 Å². The second-order valence-electron chi connectivity index (χ2n) is 3.56. The van der Waals surface area contributed by atoms with Crippen molar-refractivity contribution in [2.45, 2.75) is 12.3 Å². The molecule has 0 amide bonds. The van der Waals surface area contributed by atoms with Crippen LogP contribution in [0.15, 0.2) is 17.5 Å². The average Bonchev–Trinajstić information content (AvgIpc) is 2.76. The largest absolute Gasteiger partial charge is 0.396 e. The summed E-state index contributed by atoms with van der Waals surface area (Å²) >= 11 is 1.75. The van der Waals surface area contributed by atoms with Gasteiger partial charge in [-0.15, -0.1) is 11.3 Å². The molecule has 0 aromatic carbocycles. The summed E-state index contributed by atoms with van der Waals surface area (Å²) in [5.74, 6) is 0.985. The third-order valence-electron chi connectivity index (χ3n) is 2.77. The molecule has 3 heteroatoms. The van der Waals surface area contributed by atoms with Gasteiger partial charge in [-0.2, -0.15) is 0 Å². The monoisotopic (exact) mass is 197 g/mol. The van der Waals surface area contributed by atoms with Crippen molar-refractivity contribution < 1.29 is 5.11 Å². The summed E-state index contributed by atoms with van der Waals surface area (Å²) in [6.45, 7) is 2.45. The van der Waals surface area contributed by atoms with E-state index in [9.17, 15) is 5.11 Å². The van der Waals surface area contributed by atoms with Gasteiger partial charge in [0.25, 0.3) is 0 Å². The molecule has 1 aromatic heterocycles. The third kappa shape index (κ3) is 1.93. The first-order valence-electron chi connectivity index (χ1n) is 4.77. The van der Waals surface area contributed by atoms with Crippen molar-refractivity contribution in [1.29, 1.82) is 0 Å². The van der Waals surface area contributed by atoms with Crippen molar-refractivity contribution in [2.75, 3.05) is 19.7 Å². The summed E-state index contributed by atoms with van der Waals surface area (Å²) < 4.78 is 0. The smallest absolute Gasteiger partial charge is 0.0510 e. The van der Waals surface area contributed by atoms with E-state index in [1.165, 1.54) is 11.3 Å². The molecule has 0 aliphatic carbocycles. The molecule has 72 valence electrons. The highest BCUT2D eigenvalue weighted by atomic mass is 32.1. The molecule has 2 heterocycles. The van der Waals surface area contributed by atoms with Crippen molar-refractivity contribution in [3.8, 4) is 0 Å². The van der Waals surface area contributed by atoms with Gasteiger partial charge in [0, 0.05) is 10.8 Å². The van der Waals surface area contributed by atoms with Gasteiger partial charge in [-0.1, -0.05) is 6.07 Å². The molecule has 1 saturated heterocycles. The third-order valence-corrected chi connectivity index (χ3v) is 3.78. The lowest BCUT2D eigenvalue weighted by Gasteiger charge is -2.18. The highest BCUT2D eigenvalue weighted by Gasteiger charge is 2.25. The fourth-order valence-electron chi connectivity index (χ4n) is 1.99. The zero-order valence-corrected chi connectivity index (χ0v) is 8.39. The lowest BCUT2D eigenvalue weighted by atomic mass is 9.91. The Morgan fingerprint density at radius 2 is 2.62 bits per heavy atom. The Bertz CT molecular complexity index is 241. The van der Waals surface area contributed by atoms with Crippen molar-refractivity contribution in [2.24, 2.45) is 5.92 Å². The number of aliphatic hydroxyl groups excluding tert-OH is 1. The van der Waals surface area contributed by atoms with Gasteiger partial charge in [-0.3, -0.25) is 0 Å². The van der Waals surface area contributed by atoms with E-state index < -0.39 is 0 Å². The maximum atomic E-state index is 9.34. The van der Waals surface area contributed by atoms with Gasteiger partial charge < -0.3 is 10.4 Å². The van der Waals surface area contributed by atoms with E-state index in [0.717, 1.165) is 13.1 Å². The van der Waals surface area contributed by atoms with Crippen LogP contribution in [0.5, 0.6) is 0 Å². The summed E-state index contributed by atoms with van der Waals surface area (Å²) in [7, 11) is 0. The van der Waals surface area contributed by atoms with Crippen LogP contribution in [-0.4, -0.2) is 24.8 Å². The zero-order valence-electron chi connectivity index (χ0n) is 7.57. The Morgan fingerprint density at radius 3 is 3.15 bits per heavy atom. The van der Waals surface area contributed by atoms with Crippen LogP contribution < -0.4 is 5.32 Å². The van der Waals surface area contributed by atoms with E-state index in [4.69, 9.17) is 0 Å². The van der Waals surface area contributed by atoms with E-state index in [1.54, 1.807) is 11.3 Å². The van der Waals surface area contributed by atoms with Crippen LogP contribution in [0, 0.1) is 5.92 Å². The van der Waals surface area contributed by atoms with Gasteiger partial charge in [-0.25, -0.2) is 0 Å². The number of hydrogen-bond acceptors (Lipinski definition) is 3. The molecule has 2 rings (SSSR count). The molecule has 1 aliphatic rings. The van der Waals surface area contributed by atoms with E-state index in [2.05, 4.69) is 22.8 Å². The number of thiophene rings is 1. The van der Waals surface area contributed by atoms with Gasteiger partial charge in [0.1, 0.15) is 0 Å². The molecular formula is C10H15NOS. The summed E-state index contributed by atoms with van der Waals surface area (Å²) in [6.07, 6.45) is 1.20. The molecule has 0 bridgehead atoms.